The van der Waals surface area contributed by atoms with Crippen molar-refractivity contribution >= 4 is 28.4 Å². The van der Waals surface area contributed by atoms with Crippen LogP contribution in [-0.4, -0.2) is 0 Å². The molecule has 0 saturated carbocycles. The Kier molecular flexibility index (Phi) is 5.76. The highest BCUT2D eigenvalue weighted by atomic mass is 16.5. The smallest absolute Gasteiger partial charge is 0.147 e. The highest BCUT2D eigenvalue weighted by molar-refractivity contribution is 6.11. The minimum absolute atomic E-state index is 0.660. The Bertz CT molecular complexity index is 1960. The van der Waals surface area contributed by atoms with Gasteiger partial charge in [0.2, 0.25) is 0 Å². The first kappa shape index (κ1) is 25.1. The van der Waals surface area contributed by atoms with Gasteiger partial charge in [0.15, 0.2) is 0 Å². The maximum absolute atomic E-state index is 6.62. The van der Waals surface area contributed by atoms with Crippen molar-refractivity contribution in [3.05, 3.63) is 115 Å². The highest BCUT2D eigenvalue weighted by Crippen LogP contribution is 2.64. The molecule has 6 heteroatoms. The number of hydrogen-bond acceptors (Lipinski definition) is 6. The predicted octanol–water partition coefficient (Wildman–Crippen LogP) is 8.04. The molecule has 0 radical (unpaired) electrons. The molecular formula is C36H29N5O. The average Bonchev–Trinajstić information content (AvgIpc) is 2.99. The van der Waals surface area contributed by atoms with E-state index in [0.29, 0.717) is 28.4 Å². The van der Waals surface area contributed by atoms with Crippen molar-refractivity contribution in [2.24, 2.45) is 0 Å². The molecule has 0 atom stereocenters. The van der Waals surface area contributed by atoms with E-state index in [1.165, 1.54) is 0 Å². The van der Waals surface area contributed by atoms with Crippen LogP contribution >= 0.6 is 0 Å². The number of nitrogens with two attached hydrogens (primary N) is 5. The zero-order valence-electron chi connectivity index (χ0n) is 22.8. The van der Waals surface area contributed by atoms with Gasteiger partial charge in [-0.2, -0.15) is 0 Å². The summed E-state index contributed by atoms with van der Waals surface area (Å²) in [5, 5.41) is 0. The van der Waals surface area contributed by atoms with Gasteiger partial charge in [-0.15, -0.1) is 0 Å². The predicted molar refractivity (Wildman–Crippen MR) is 176 cm³/mol. The van der Waals surface area contributed by atoms with Gasteiger partial charge in [0, 0.05) is 45.1 Å². The highest BCUT2D eigenvalue weighted by Gasteiger charge is 2.37. The van der Waals surface area contributed by atoms with Crippen LogP contribution in [0.4, 0.5) is 28.4 Å². The van der Waals surface area contributed by atoms with Crippen molar-refractivity contribution in [3.8, 4) is 67.1 Å². The van der Waals surface area contributed by atoms with Crippen LogP contribution in [0.3, 0.4) is 0 Å². The maximum Gasteiger partial charge on any atom is 0.147 e. The van der Waals surface area contributed by atoms with Gasteiger partial charge in [0.1, 0.15) is 11.5 Å². The number of benzene rings is 6. The summed E-state index contributed by atoms with van der Waals surface area (Å²) < 4.78 is 6.62. The van der Waals surface area contributed by atoms with E-state index in [0.717, 1.165) is 67.1 Å². The van der Waals surface area contributed by atoms with Crippen molar-refractivity contribution in [1.82, 2.24) is 0 Å². The molecule has 0 unspecified atom stereocenters. The minimum atomic E-state index is 0.660. The van der Waals surface area contributed by atoms with Gasteiger partial charge in [0.25, 0.3) is 0 Å². The summed E-state index contributed by atoms with van der Waals surface area (Å²) in [5.74, 6) is 1.60. The standard InChI is InChI=1S/C36H29N5O/c37-24-9-1-20(2-10-24)30-19-28(41)17-18-29(30)34-31(21-3-11-25(38)12-4-21)32(22-5-13-26(39)14-6-22)35-33(36(34)42-35)23-7-15-27(40)16-8-23/h1-19H,37-41H2. The van der Waals surface area contributed by atoms with Gasteiger partial charge in [-0.05, 0) is 94.0 Å². The second-order valence-electron chi connectivity index (χ2n) is 10.6. The molecule has 0 spiro atoms. The van der Waals surface area contributed by atoms with E-state index in [1.807, 2.05) is 97.1 Å². The van der Waals surface area contributed by atoms with E-state index in [4.69, 9.17) is 33.4 Å². The summed E-state index contributed by atoms with van der Waals surface area (Å²) in [6.45, 7) is 0. The Balaban J connectivity index is 1.63. The van der Waals surface area contributed by atoms with Crippen LogP contribution in [0.15, 0.2) is 115 Å². The molecule has 0 aliphatic carbocycles. The van der Waals surface area contributed by atoms with E-state index in [2.05, 4.69) is 18.2 Å². The van der Waals surface area contributed by atoms with Crippen molar-refractivity contribution in [3.63, 3.8) is 0 Å². The molecule has 0 fully saturated rings. The molecular weight excluding hydrogens is 518 g/mol. The fourth-order valence-electron chi connectivity index (χ4n) is 5.68. The van der Waals surface area contributed by atoms with Gasteiger partial charge in [-0.3, -0.25) is 0 Å². The Morgan fingerprint density at radius 2 is 0.690 bits per heavy atom. The lowest BCUT2D eigenvalue weighted by atomic mass is 9.79. The summed E-state index contributed by atoms with van der Waals surface area (Å²) >= 11 is 0. The van der Waals surface area contributed by atoms with Crippen LogP contribution in [0.2, 0.25) is 0 Å². The molecule has 0 aromatic heterocycles. The van der Waals surface area contributed by atoms with E-state index in [-0.39, 0.29) is 0 Å². The summed E-state index contributed by atoms with van der Waals surface area (Å²) in [7, 11) is 0. The van der Waals surface area contributed by atoms with Gasteiger partial charge in [-0.1, -0.05) is 54.6 Å². The molecule has 6 nitrogen and oxygen atoms in total. The Morgan fingerprint density at radius 1 is 0.310 bits per heavy atom. The number of rotatable bonds is 5. The lowest BCUT2D eigenvalue weighted by Crippen LogP contribution is -2.10. The monoisotopic (exact) mass is 547 g/mol. The molecule has 204 valence electrons. The van der Waals surface area contributed by atoms with Crippen LogP contribution in [-0.2, 0) is 0 Å². The van der Waals surface area contributed by atoms with Crippen LogP contribution in [0.5, 0.6) is 11.5 Å². The van der Waals surface area contributed by atoms with Crippen molar-refractivity contribution in [1.29, 1.82) is 0 Å². The zero-order chi connectivity index (χ0) is 29.0. The molecule has 1 aliphatic rings. The van der Waals surface area contributed by atoms with Crippen molar-refractivity contribution < 1.29 is 4.74 Å². The Hall–Kier alpha value is -5.88. The second-order valence-corrected chi connectivity index (χ2v) is 10.6. The minimum Gasteiger partial charge on any atom is -0.454 e. The Labute approximate surface area is 244 Å². The molecule has 7 rings (SSSR count). The first-order valence-electron chi connectivity index (χ1n) is 13.6. The lowest BCUT2D eigenvalue weighted by Gasteiger charge is -2.34. The van der Waals surface area contributed by atoms with E-state index in [9.17, 15) is 0 Å². The molecule has 1 aliphatic heterocycles. The largest absolute Gasteiger partial charge is 0.454 e. The first-order valence-corrected chi connectivity index (χ1v) is 13.6. The number of nitrogen functional groups attached to an aromatic ring is 5. The summed E-state index contributed by atoms with van der Waals surface area (Å²) in [6, 6.07) is 37.5. The fourth-order valence-corrected chi connectivity index (χ4v) is 5.68. The lowest BCUT2D eigenvalue weighted by molar-refractivity contribution is 0.450. The van der Waals surface area contributed by atoms with Gasteiger partial charge < -0.3 is 33.4 Å². The molecule has 10 N–H and O–H groups in total. The molecule has 0 amide bonds. The molecule has 0 saturated heterocycles. The molecule has 6 aromatic carbocycles. The maximum atomic E-state index is 6.62. The van der Waals surface area contributed by atoms with Crippen LogP contribution in [0.1, 0.15) is 0 Å². The van der Waals surface area contributed by atoms with E-state index >= 15 is 0 Å². The molecule has 6 aromatic rings. The third-order valence-corrected chi connectivity index (χ3v) is 7.75. The van der Waals surface area contributed by atoms with E-state index < -0.39 is 0 Å². The summed E-state index contributed by atoms with van der Waals surface area (Å²) in [4.78, 5) is 0. The van der Waals surface area contributed by atoms with Crippen LogP contribution < -0.4 is 33.4 Å². The molecule has 1 heterocycles. The van der Waals surface area contributed by atoms with Gasteiger partial charge in [0.05, 0.1) is 5.56 Å². The normalized spacial score (nSPS) is 11.5. The average molecular weight is 548 g/mol. The number of anilines is 5. The molecule has 42 heavy (non-hydrogen) atoms. The Morgan fingerprint density at radius 3 is 1.19 bits per heavy atom. The zero-order valence-corrected chi connectivity index (χ0v) is 22.8. The van der Waals surface area contributed by atoms with E-state index in [1.54, 1.807) is 0 Å². The second kappa shape index (κ2) is 9.64. The quantitative estimate of drug-likeness (QED) is 0.138. The van der Waals surface area contributed by atoms with Crippen molar-refractivity contribution in [2.45, 2.75) is 0 Å². The topological polar surface area (TPSA) is 139 Å². The number of hydrogen-bond donors (Lipinski definition) is 5. The third kappa shape index (κ3) is 4.14. The van der Waals surface area contributed by atoms with Gasteiger partial charge >= 0.3 is 0 Å². The summed E-state index contributed by atoms with van der Waals surface area (Å²) in [5.41, 5.74) is 44.1. The van der Waals surface area contributed by atoms with Crippen LogP contribution in [0, 0.1) is 0 Å². The number of ether oxygens (including phenoxy) is 1. The number of fused-ring (bicyclic) bond motifs is 2. The summed E-state index contributed by atoms with van der Waals surface area (Å²) in [6.07, 6.45) is 0. The van der Waals surface area contributed by atoms with Gasteiger partial charge in [-0.25, -0.2) is 0 Å². The molecule has 2 bridgehead atoms. The SMILES string of the molecule is Nc1ccc(-c2cc(N)ccc2-c2c3c(-c4ccc(N)cc4)c(c(-c4ccc(N)cc4)c2-c2ccc(N)cc2)O3)cc1. The first-order chi connectivity index (χ1) is 20.4. The van der Waals surface area contributed by atoms with Crippen molar-refractivity contribution in [2.75, 3.05) is 28.7 Å². The fraction of sp³-hybridized carbons (Fsp3) is 0. The third-order valence-electron chi connectivity index (χ3n) is 7.75. The van der Waals surface area contributed by atoms with Crippen LogP contribution in [0.25, 0.3) is 55.6 Å².